The van der Waals surface area contributed by atoms with Crippen LogP contribution >= 0.6 is 0 Å². The Morgan fingerprint density at radius 1 is 1.50 bits per heavy atom. The van der Waals surface area contributed by atoms with E-state index in [1.165, 1.54) is 31.7 Å². The quantitative estimate of drug-likeness (QED) is 0.866. The molecule has 2 rings (SSSR count). The minimum absolute atomic E-state index is 0.146. The second kappa shape index (κ2) is 6.44. The molecule has 1 aliphatic rings. The Kier molecular flexibility index (Phi) is 4.64. The third kappa shape index (κ3) is 3.50. The van der Waals surface area contributed by atoms with Gasteiger partial charge in [-0.1, -0.05) is 6.42 Å². The lowest BCUT2D eigenvalue weighted by molar-refractivity contribution is 0.0933. The summed E-state index contributed by atoms with van der Waals surface area (Å²) < 4.78 is 0. The highest BCUT2D eigenvalue weighted by molar-refractivity contribution is 5.91. The molecule has 1 unspecified atom stereocenters. The van der Waals surface area contributed by atoms with Crippen LogP contribution in [-0.4, -0.2) is 46.5 Å². The summed E-state index contributed by atoms with van der Waals surface area (Å²) in [5.41, 5.74) is 0.379. The van der Waals surface area contributed by atoms with E-state index in [0.717, 1.165) is 13.1 Å². The average molecular weight is 248 g/mol. The normalized spacial score (nSPS) is 20.6. The number of hydrogen-bond donors (Lipinski definition) is 1. The molecule has 1 saturated heterocycles. The van der Waals surface area contributed by atoms with Gasteiger partial charge in [-0.05, 0) is 26.3 Å². The molecule has 2 heterocycles. The Hall–Kier alpha value is -1.49. The zero-order chi connectivity index (χ0) is 12.8. The van der Waals surface area contributed by atoms with Crippen LogP contribution in [0.25, 0.3) is 0 Å². The van der Waals surface area contributed by atoms with Crippen molar-refractivity contribution < 1.29 is 4.79 Å². The average Bonchev–Trinajstić information content (AvgIpc) is 2.42. The Bertz CT molecular complexity index is 382. The van der Waals surface area contributed by atoms with Crippen molar-refractivity contribution in [1.29, 1.82) is 0 Å². The predicted octanol–water partition coefficient (Wildman–Crippen LogP) is 1.08. The van der Waals surface area contributed by atoms with Crippen molar-refractivity contribution in [3.8, 4) is 0 Å². The molecule has 0 spiro atoms. The topological polar surface area (TPSA) is 58.1 Å². The van der Waals surface area contributed by atoms with Crippen molar-refractivity contribution >= 4 is 5.91 Å². The number of rotatable bonds is 4. The van der Waals surface area contributed by atoms with Crippen molar-refractivity contribution in [1.82, 2.24) is 20.2 Å². The number of carbonyl (C=O) groups is 1. The highest BCUT2D eigenvalue weighted by Crippen LogP contribution is 2.15. The summed E-state index contributed by atoms with van der Waals surface area (Å²) in [6, 6.07) is 0.632. The molecule has 1 fully saturated rings. The van der Waals surface area contributed by atoms with Gasteiger partial charge in [-0.3, -0.25) is 14.7 Å². The zero-order valence-corrected chi connectivity index (χ0v) is 10.8. The number of aromatic nitrogens is 2. The minimum atomic E-state index is -0.146. The maximum Gasteiger partial charge on any atom is 0.271 e. The van der Waals surface area contributed by atoms with Crippen molar-refractivity contribution in [3.63, 3.8) is 0 Å². The number of hydrogen-bond acceptors (Lipinski definition) is 4. The molecule has 5 nitrogen and oxygen atoms in total. The molecule has 0 bridgehead atoms. The van der Waals surface area contributed by atoms with Crippen LogP contribution in [-0.2, 0) is 0 Å². The summed E-state index contributed by atoms with van der Waals surface area (Å²) >= 11 is 0. The first kappa shape index (κ1) is 13.0. The molecule has 0 aromatic carbocycles. The molecule has 0 radical (unpaired) electrons. The smallest absolute Gasteiger partial charge is 0.271 e. The number of nitrogens with one attached hydrogen (secondary N) is 1. The lowest BCUT2D eigenvalue weighted by Crippen LogP contribution is -2.42. The van der Waals surface area contributed by atoms with Crippen LogP contribution in [0.1, 0.15) is 36.7 Å². The Morgan fingerprint density at radius 3 is 3.11 bits per heavy atom. The van der Waals surface area contributed by atoms with Crippen LogP contribution in [0.3, 0.4) is 0 Å². The molecule has 1 aromatic heterocycles. The highest BCUT2D eigenvalue weighted by atomic mass is 16.1. The van der Waals surface area contributed by atoms with E-state index in [9.17, 15) is 4.79 Å². The van der Waals surface area contributed by atoms with Crippen LogP contribution in [0.2, 0.25) is 0 Å². The molecular weight excluding hydrogens is 228 g/mol. The third-order valence-corrected chi connectivity index (χ3v) is 3.42. The fourth-order valence-corrected chi connectivity index (χ4v) is 2.31. The van der Waals surface area contributed by atoms with Gasteiger partial charge in [0.15, 0.2) is 0 Å². The number of amides is 1. The molecule has 18 heavy (non-hydrogen) atoms. The Labute approximate surface area is 108 Å². The fourth-order valence-electron chi connectivity index (χ4n) is 2.31. The highest BCUT2D eigenvalue weighted by Gasteiger charge is 2.17. The van der Waals surface area contributed by atoms with E-state index in [1.807, 2.05) is 0 Å². The number of nitrogens with zero attached hydrogens (tertiary/aromatic N) is 3. The summed E-state index contributed by atoms with van der Waals surface area (Å²) in [6.45, 7) is 4.97. The molecule has 98 valence electrons. The molecule has 0 saturated carbocycles. The van der Waals surface area contributed by atoms with Gasteiger partial charge >= 0.3 is 0 Å². The molecule has 1 amide bonds. The summed E-state index contributed by atoms with van der Waals surface area (Å²) in [5.74, 6) is -0.146. The summed E-state index contributed by atoms with van der Waals surface area (Å²) in [7, 11) is 0. The van der Waals surface area contributed by atoms with Crippen LogP contribution in [0.4, 0.5) is 0 Å². The minimum Gasteiger partial charge on any atom is -0.349 e. The number of piperidine rings is 1. The maximum absolute atomic E-state index is 11.7. The van der Waals surface area contributed by atoms with E-state index in [1.54, 1.807) is 6.20 Å². The predicted molar refractivity (Wildman–Crippen MR) is 69.3 cm³/mol. The second-order valence-electron chi connectivity index (χ2n) is 4.73. The first-order chi connectivity index (χ1) is 8.77. The molecule has 1 aliphatic heterocycles. The fraction of sp³-hybridized carbons (Fsp3) is 0.615. The number of likely N-dealkylation sites (tertiary alicyclic amines) is 1. The maximum atomic E-state index is 11.7. The second-order valence-corrected chi connectivity index (χ2v) is 4.73. The first-order valence-electron chi connectivity index (χ1n) is 6.55. The van der Waals surface area contributed by atoms with E-state index < -0.39 is 0 Å². The summed E-state index contributed by atoms with van der Waals surface area (Å²) in [5, 5.41) is 2.88. The number of carbonyl (C=O) groups excluding carboxylic acids is 1. The van der Waals surface area contributed by atoms with E-state index in [4.69, 9.17) is 0 Å². The van der Waals surface area contributed by atoms with E-state index in [2.05, 4.69) is 27.1 Å². The van der Waals surface area contributed by atoms with Gasteiger partial charge in [-0.15, -0.1) is 0 Å². The molecule has 1 atom stereocenters. The van der Waals surface area contributed by atoms with Gasteiger partial charge in [0.05, 0.1) is 6.20 Å². The van der Waals surface area contributed by atoms with E-state index >= 15 is 0 Å². The summed E-state index contributed by atoms with van der Waals surface area (Å²) in [4.78, 5) is 22.0. The van der Waals surface area contributed by atoms with Crippen LogP contribution in [0.5, 0.6) is 0 Å². The van der Waals surface area contributed by atoms with Crippen LogP contribution in [0, 0.1) is 0 Å². The lowest BCUT2D eigenvalue weighted by Gasteiger charge is -2.33. The van der Waals surface area contributed by atoms with Gasteiger partial charge in [0.25, 0.3) is 5.91 Å². The molecule has 0 aliphatic carbocycles. The Morgan fingerprint density at radius 2 is 2.39 bits per heavy atom. The first-order valence-corrected chi connectivity index (χ1v) is 6.55. The molecule has 5 heteroatoms. The standard InChI is InChI=1S/C13H20N4O/c1-11-4-2-3-8-17(11)9-7-16-13(18)12-10-14-5-6-15-12/h5-6,10-11H,2-4,7-9H2,1H3,(H,16,18). The van der Waals surface area contributed by atoms with Crippen LogP contribution < -0.4 is 5.32 Å². The van der Waals surface area contributed by atoms with Crippen molar-refractivity contribution in [3.05, 3.63) is 24.3 Å². The van der Waals surface area contributed by atoms with E-state index in [-0.39, 0.29) is 5.91 Å². The molecule has 1 N–H and O–H groups in total. The monoisotopic (exact) mass is 248 g/mol. The zero-order valence-electron chi connectivity index (χ0n) is 10.8. The van der Waals surface area contributed by atoms with Gasteiger partial charge in [-0.25, -0.2) is 4.98 Å². The SMILES string of the molecule is CC1CCCCN1CCNC(=O)c1cnccn1. The van der Waals surface area contributed by atoms with Gasteiger partial charge in [0, 0.05) is 31.5 Å². The van der Waals surface area contributed by atoms with Crippen molar-refractivity contribution in [2.75, 3.05) is 19.6 Å². The van der Waals surface area contributed by atoms with E-state index in [0.29, 0.717) is 18.3 Å². The Balaban J connectivity index is 1.73. The third-order valence-electron chi connectivity index (χ3n) is 3.42. The van der Waals surface area contributed by atoms with Gasteiger partial charge in [0.1, 0.15) is 5.69 Å². The largest absolute Gasteiger partial charge is 0.349 e. The van der Waals surface area contributed by atoms with Crippen molar-refractivity contribution in [2.45, 2.75) is 32.2 Å². The molecule has 1 aromatic rings. The van der Waals surface area contributed by atoms with Gasteiger partial charge < -0.3 is 5.32 Å². The van der Waals surface area contributed by atoms with Crippen LogP contribution in [0.15, 0.2) is 18.6 Å². The van der Waals surface area contributed by atoms with Crippen molar-refractivity contribution in [2.24, 2.45) is 0 Å². The molecular formula is C13H20N4O. The lowest BCUT2D eigenvalue weighted by atomic mass is 10.0. The summed E-state index contributed by atoms with van der Waals surface area (Å²) in [6.07, 6.45) is 8.43. The van der Waals surface area contributed by atoms with Gasteiger partial charge in [-0.2, -0.15) is 0 Å². The van der Waals surface area contributed by atoms with Gasteiger partial charge in [0.2, 0.25) is 0 Å².